The molecular weight excluding hydrogens is 238 g/mol. The van der Waals surface area contributed by atoms with E-state index in [1.54, 1.807) is 0 Å². The lowest BCUT2D eigenvalue weighted by Gasteiger charge is -2.35. The van der Waals surface area contributed by atoms with Crippen LogP contribution in [0.4, 0.5) is 11.6 Å². The van der Waals surface area contributed by atoms with Gasteiger partial charge in [0.15, 0.2) is 0 Å². The number of hydrogen-bond donors (Lipinski definition) is 2. The second-order valence-corrected chi connectivity index (χ2v) is 5.54. The van der Waals surface area contributed by atoms with Crippen LogP contribution in [-0.4, -0.2) is 48.1 Å². The number of piperidine rings is 1. The van der Waals surface area contributed by atoms with Crippen molar-refractivity contribution < 1.29 is 0 Å². The van der Waals surface area contributed by atoms with E-state index < -0.39 is 0 Å². The van der Waals surface area contributed by atoms with Gasteiger partial charge in [-0.25, -0.2) is 4.98 Å². The number of aromatic amines is 1. The Morgan fingerprint density at radius 3 is 3.05 bits per heavy atom. The number of aromatic nitrogens is 2. The van der Waals surface area contributed by atoms with Gasteiger partial charge in [0.05, 0.1) is 11.0 Å². The van der Waals surface area contributed by atoms with Crippen molar-refractivity contribution >= 4 is 22.7 Å². The molecule has 102 valence electrons. The maximum atomic E-state index is 5.81. The van der Waals surface area contributed by atoms with Gasteiger partial charge >= 0.3 is 0 Å². The Bertz CT molecular complexity index is 574. The van der Waals surface area contributed by atoms with Crippen molar-refractivity contribution in [2.75, 3.05) is 37.8 Å². The highest BCUT2D eigenvalue weighted by Gasteiger charge is 2.23. The number of nitrogens with zero attached hydrogens (tertiary/aromatic N) is 3. The molecule has 0 radical (unpaired) electrons. The summed E-state index contributed by atoms with van der Waals surface area (Å²) in [6, 6.07) is 6.41. The molecule has 3 rings (SSSR count). The predicted molar refractivity (Wildman–Crippen MR) is 79.4 cm³/mol. The number of nitrogen functional groups attached to an aromatic ring is 1. The SMILES string of the molecule is CN(C)C1CCCN(c2nc3ccc(N)cc3[nH]2)C1. The van der Waals surface area contributed by atoms with E-state index in [2.05, 4.69) is 33.9 Å². The first-order valence-electron chi connectivity index (χ1n) is 6.80. The Balaban J connectivity index is 1.87. The predicted octanol–water partition coefficient (Wildman–Crippen LogP) is 1.68. The van der Waals surface area contributed by atoms with E-state index in [1.807, 2.05) is 18.2 Å². The third-order valence-electron chi connectivity index (χ3n) is 3.92. The molecule has 1 aromatic carbocycles. The highest BCUT2D eigenvalue weighted by Crippen LogP contribution is 2.23. The second-order valence-electron chi connectivity index (χ2n) is 5.54. The number of likely N-dealkylation sites (N-methyl/N-ethyl adjacent to an activating group) is 1. The summed E-state index contributed by atoms with van der Waals surface area (Å²) < 4.78 is 0. The topological polar surface area (TPSA) is 61.2 Å². The fraction of sp³-hybridized carbons (Fsp3) is 0.500. The summed E-state index contributed by atoms with van der Waals surface area (Å²) in [5.74, 6) is 0.965. The summed E-state index contributed by atoms with van der Waals surface area (Å²) in [4.78, 5) is 12.7. The lowest BCUT2D eigenvalue weighted by atomic mass is 10.1. The van der Waals surface area contributed by atoms with Crippen LogP contribution in [0.3, 0.4) is 0 Å². The van der Waals surface area contributed by atoms with E-state index >= 15 is 0 Å². The summed E-state index contributed by atoms with van der Waals surface area (Å²) in [5, 5.41) is 0. The highest BCUT2D eigenvalue weighted by atomic mass is 15.3. The number of rotatable bonds is 2. The molecule has 0 spiro atoms. The first-order chi connectivity index (χ1) is 9.13. The van der Waals surface area contributed by atoms with Crippen molar-refractivity contribution in [1.29, 1.82) is 0 Å². The summed E-state index contributed by atoms with van der Waals surface area (Å²) in [5.41, 5.74) is 8.57. The standard InChI is InChI=1S/C14H21N5/c1-18(2)11-4-3-7-19(9-11)14-16-12-6-5-10(15)8-13(12)17-14/h5-6,8,11H,3-4,7,9,15H2,1-2H3,(H,16,17). The van der Waals surface area contributed by atoms with Crippen molar-refractivity contribution in [2.24, 2.45) is 0 Å². The molecule has 0 bridgehead atoms. The van der Waals surface area contributed by atoms with Gasteiger partial charge in [0.2, 0.25) is 5.95 Å². The molecule has 0 aliphatic carbocycles. The number of fused-ring (bicyclic) bond motifs is 1. The molecule has 5 nitrogen and oxygen atoms in total. The van der Waals surface area contributed by atoms with Crippen molar-refractivity contribution in [3.63, 3.8) is 0 Å². The Morgan fingerprint density at radius 2 is 2.26 bits per heavy atom. The lowest BCUT2D eigenvalue weighted by Crippen LogP contribution is -2.45. The van der Waals surface area contributed by atoms with E-state index in [1.165, 1.54) is 12.8 Å². The van der Waals surface area contributed by atoms with Gasteiger partial charge in [-0.15, -0.1) is 0 Å². The van der Waals surface area contributed by atoms with Gasteiger partial charge in [-0.05, 0) is 45.1 Å². The van der Waals surface area contributed by atoms with Gasteiger partial charge in [0.1, 0.15) is 0 Å². The zero-order valence-electron chi connectivity index (χ0n) is 11.6. The Kier molecular flexibility index (Phi) is 3.06. The molecule has 1 aliphatic heterocycles. The van der Waals surface area contributed by atoms with Crippen molar-refractivity contribution in [3.8, 4) is 0 Å². The number of hydrogen-bond acceptors (Lipinski definition) is 4. The third-order valence-corrected chi connectivity index (χ3v) is 3.92. The molecule has 19 heavy (non-hydrogen) atoms. The molecule has 2 heterocycles. The largest absolute Gasteiger partial charge is 0.399 e. The minimum atomic E-state index is 0.604. The monoisotopic (exact) mass is 259 g/mol. The molecule has 1 aliphatic rings. The molecule has 1 fully saturated rings. The molecule has 1 unspecified atom stereocenters. The van der Waals surface area contributed by atoms with Gasteiger partial charge in [-0.2, -0.15) is 0 Å². The van der Waals surface area contributed by atoms with E-state index in [4.69, 9.17) is 5.73 Å². The second kappa shape index (κ2) is 4.74. The molecule has 3 N–H and O–H groups in total. The van der Waals surface area contributed by atoms with E-state index in [0.29, 0.717) is 6.04 Å². The summed E-state index contributed by atoms with van der Waals surface area (Å²) in [7, 11) is 4.29. The molecule has 0 saturated carbocycles. The van der Waals surface area contributed by atoms with Gasteiger partial charge < -0.3 is 20.5 Å². The maximum absolute atomic E-state index is 5.81. The van der Waals surface area contributed by atoms with Crippen LogP contribution >= 0.6 is 0 Å². The molecule has 1 saturated heterocycles. The molecular formula is C14H21N5. The van der Waals surface area contributed by atoms with Crippen LogP contribution in [-0.2, 0) is 0 Å². The zero-order valence-corrected chi connectivity index (χ0v) is 11.6. The highest BCUT2D eigenvalue weighted by molar-refractivity contribution is 5.80. The smallest absolute Gasteiger partial charge is 0.203 e. The fourth-order valence-electron chi connectivity index (χ4n) is 2.73. The van der Waals surface area contributed by atoms with Gasteiger partial charge in [0.25, 0.3) is 0 Å². The lowest BCUT2D eigenvalue weighted by molar-refractivity contribution is 0.257. The number of nitrogens with one attached hydrogen (secondary N) is 1. The Morgan fingerprint density at radius 1 is 1.42 bits per heavy atom. The van der Waals surface area contributed by atoms with Crippen LogP contribution in [0.1, 0.15) is 12.8 Å². The van der Waals surface area contributed by atoms with Crippen molar-refractivity contribution in [2.45, 2.75) is 18.9 Å². The minimum absolute atomic E-state index is 0.604. The molecule has 1 atom stereocenters. The number of H-pyrrole nitrogens is 1. The average molecular weight is 259 g/mol. The van der Waals surface area contributed by atoms with Crippen LogP contribution in [0.5, 0.6) is 0 Å². The van der Waals surface area contributed by atoms with E-state index in [-0.39, 0.29) is 0 Å². The maximum Gasteiger partial charge on any atom is 0.203 e. The molecule has 1 aromatic heterocycles. The molecule has 2 aromatic rings. The van der Waals surface area contributed by atoms with Gasteiger partial charge in [-0.3, -0.25) is 0 Å². The fourth-order valence-corrected chi connectivity index (χ4v) is 2.73. The van der Waals surface area contributed by atoms with Gasteiger partial charge in [-0.1, -0.05) is 0 Å². The van der Waals surface area contributed by atoms with Crippen LogP contribution in [0.2, 0.25) is 0 Å². The number of nitrogens with two attached hydrogens (primary N) is 1. The van der Waals surface area contributed by atoms with Crippen LogP contribution in [0.15, 0.2) is 18.2 Å². The van der Waals surface area contributed by atoms with Crippen molar-refractivity contribution in [1.82, 2.24) is 14.9 Å². The minimum Gasteiger partial charge on any atom is -0.399 e. The average Bonchev–Trinajstić information content (AvgIpc) is 2.81. The third kappa shape index (κ3) is 2.38. The van der Waals surface area contributed by atoms with Gasteiger partial charge in [0, 0.05) is 24.8 Å². The van der Waals surface area contributed by atoms with Crippen LogP contribution < -0.4 is 10.6 Å². The zero-order chi connectivity index (χ0) is 13.4. The Hall–Kier alpha value is -1.75. The number of imidazole rings is 1. The molecule has 0 amide bonds. The summed E-state index contributed by atoms with van der Waals surface area (Å²) >= 11 is 0. The van der Waals surface area contributed by atoms with Crippen molar-refractivity contribution in [3.05, 3.63) is 18.2 Å². The summed E-state index contributed by atoms with van der Waals surface area (Å²) in [6.07, 6.45) is 2.47. The summed E-state index contributed by atoms with van der Waals surface area (Å²) in [6.45, 7) is 2.10. The Labute approximate surface area is 113 Å². The quantitative estimate of drug-likeness (QED) is 0.806. The number of benzene rings is 1. The number of anilines is 2. The first-order valence-corrected chi connectivity index (χ1v) is 6.80. The normalized spacial score (nSPS) is 20.4. The van der Waals surface area contributed by atoms with E-state index in [9.17, 15) is 0 Å². The van der Waals surface area contributed by atoms with Crippen LogP contribution in [0.25, 0.3) is 11.0 Å². The first kappa shape index (κ1) is 12.3. The van der Waals surface area contributed by atoms with E-state index in [0.717, 1.165) is 35.8 Å². The molecule has 5 heteroatoms. The van der Waals surface area contributed by atoms with Crippen LogP contribution in [0, 0.1) is 0 Å².